The number of halogens is 1. The van der Waals surface area contributed by atoms with Crippen molar-refractivity contribution in [2.24, 2.45) is 0 Å². The number of hydrogen-bond acceptors (Lipinski definition) is 3. The minimum absolute atomic E-state index is 0.225. The van der Waals surface area contributed by atoms with Crippen LogP contribution in [-0.2, 0) is 6.54 Å². The van der Waals surface area contributed by atoms with E-state index in [9.17, 15) is 4.79 Å². The fourth-order valence-corrected chi connectivity index (χ4v) is 2.52. The second-order valence-corrected chi connectivity index (χ2v) is 5.41. The van der Waals surface area contributed by atoms with Crippen molar-refractivity contribution in [1.82, 2.24) is 20.3 Å². The van der Waals surface area contributed by atoms with E-state index < -0.39 is 0 Å². The van der Waals surface area contributed by atoms with Gasteiger partial charge in [-0.3, -0.25) is 4.79 Å². The van der Waals surface area contributed by atoms with Gasteiger partial charge < -0.3 is 5.32 Å². The van der Waals surface area contributed by atoms with E-state index in [0.717, 1.165) is 5.56 Å². The molecule has 23 heavy (non-hydrogen) atoms. The van der Waals surface area contributed by atoms with E-state index in [-0.39, 0.29) is 11.9 Å². The third-order valence-corrected chi connectivity index (χ3v) is 3.77. The van der Waals surface area contributed by atoms with E-state index in [1.807, 2.05) is 30.3 Å². The molecule has 2 aromatic carbocycles. The summed E-state index contributed by atoms with van der Waals surface area (Å²) >= 11 is 6.10. The summed E-state index contributed by atoms with van der Waals surface area (Å²) in [5.41, 5.74) is 1.42. The molecular formula is C17H15ClN4O. The lowest BCUT2D eigenvalue weighted by Crippen LogP contribution is -2.32. The summed E-state index contributed by atoms with van der Waals surface area (Å²) in [6.45, 7) is 0.438. The summed E-state index contributed by atoms with van der Waals surface area (Å²) in [6.07, 6.45) is 3.22. The molecule has 0 bridgehead atoms. The molecule has 1 N–H and O–H groups in total. The topological polar surface area (TPSA) is 59.8 Å². The molecule has 116 valence electrons. The Kier molecular flexibility index (Phi) is 4.68. The van der Waals surface area contributed by atoms with Gasteiger partial charge in [0.05, 0.1) is 35.6 Å². The molecule has 1 amide bonds. The van der Waals surface area contributed by atoms with Gasteiger partial charge in [0.15, 0.2) is 0 Å². The van der Waals surface area contributed by atoms with Gasteiger partial charge in [0.1, 0.15) is 0 Å². The summed E-state index contributed by atoms with van der Waals surface area (Å²) in [5.74, 6) is -0.225. The summed E-state index contributed by atoms with van der Waals surface area (Å²) < 4.78 is 0. The smallest absolute Gasteiger partial charge is 0.253 e. The van der Waals surface area contributed by atoms with Gasteiger partial charge in [-0.1, -0.05) is 54.1 Å². The summed E-state index contributed by atoms with van der Waals surface area (Å²) in [7, 11) is 0. The molecule has 3 aromatic rings. The molecule has 1 atom stereocenters. The van der Waals surface area contributed by atoms with E-state index >= 15 is 0 Å². The lowest BCUT2D eigenvalue weighted by atomic mass is 10.1. The van der Waals surface area contributed by atoms with Crippen molar-refractivity contribution < 1.29 is 4.79 Å². The molecule has 0 aliphatic rings. The molecule has 0 saturated heterocycles. The lowest BCUT2D eigenvalue weighted by molar-refractivity contribution is 0.0931. The number of nitrogens with one attached hydrogen (secondary N) is 1. The van der Waals surface area contributed by atoms with Crippen LogP contribution in [0, 0.1) is 0 Å². The largest absolute Gasteiger partial charge is 0.343 e. The van der Waals surface area contributed by atoms with Crippen LogP contribution in [0.3, 0.4) is 0 Å². The quantitative estimate of drug-likeness (QED) is 0.783. The van der Waals surface area contributed by atoms with Gasteiger partial charge in [-0.25, -0.2) is 0 Å². The zero-order valence-corrected chi connectivity index (χ0v) is 13.0. The van der Waals surface area contributed by atoms with Crippen molar-refractivity contribution in [3.63, 3.8) is 0 Å². The lowest BCUT2D eigenvalue weighted by Gasteiger charge is -2.19. The molecule has 0 saturated carbocycles. The van der Waals surface area contributed by atoms with E-state index in [2.05, 4.69) is 15.5 Å². The number of nitrogens with zero attached hydrogens (tertiary/aromatic N) is 3. The molecule has 0 spiro atoms. The van der Waals surface area contributed by atoms with Crippen LogP contribution >= 0.6 is 11.6 Å². The molecule has 0 radical (unpaired) electrons. The van der Waals surface area contributed by atoms with Crippen molar-refractivity contribution in [3.8, 4) is 0 Å². The van der Waals surface area contributed by atoms with Crippen molar-refractivity contribution in [1.29, 1.82) is 0 Å². The number of carbonyl (C=O) groups excluding carboxylic acids is 1. The van der Waals surface area contributed by atoms with Crippen LogP contribution in [0.2, 0.25) is 5.02 Å². The third-order valence-electron chi connectivity index (χ3n) is 3.44. The van der Waals surface area contributed by atoms with Gasteiger partial charge in [-0.2, -0.15) is 15.0 Å². The molecule has 5 nitrogen and oxygen atoms in total. The summed E-state index contributed by atoms with van der Waals surface area (Å²) in [4.78, 5) is 14.1. The van der Waals surface area contributed by atoms with E-state index in [4.69, 9.17) is 11.6 Å². The number of benzene rings is 2. The Morgan fingerprint density at radius 1 is 1.04 bits per heavy atom. The van der Waals surface area contributed by atoms with Crippen LogP contribution in [-0.4, -0.2) is 20.9 Å². The summed E-state index contributed by atoms with van der Waals surface area (Å²) in [6, 6.07) is 16.4. The molecular weight excluding hydrogens is 312 g/mol. The van der Waals surface area contributed by atoms with Crippen molar-refractivity contribution in [2.45, 2.75) is 12.6 Å². The number of aromatic nitrogens is 3. The van der Waals surface area contributed by atoms with Crippen molar-refractivity contribution in [2.75, 3.05) is 0 Å². The van der Waals surface area contributed by atoms with Crippen molar-refractivity contribution in [3.05, 3.63) is 83.1 Å². The van der Waals surface area contributed by atoms with E-state index in [1.54, 1.807) is 41.5 Å². The average molecular weight is 327 g/mol. The van der Waals surface area contributed by atoms with Gasteiger partial charge in [0.25, 0.3) is 5.91 Å². The van der Waals surface area contributed by atoms with Gasteiger partial charge in [-0.05, 0) is 17.7 Å². The average Bonchev–Trinajstić information content (AvgIpc) is 3.08. The van der Waals surface area contributed by atoms with E-state index in [0.29, 0.717) is 17.1 Å². The van der Waals surface area contributed by atoms with Crippen LogP contribution in [0.25, 0.3) is 0 Å². The van der Waals surface area contributed by atoms with Gasteiger partial charge in [0.2, 0.25) is 0 Å². The summed E-state index contributed by atoms with van der Waals surface area (Å²) in [5, 5.41) is 11.6. The first-order chi connectivity index (χ1) is 11.2. The molecule has 6 heteroatoms. The molecule has 1 heterocycles. The molecule has 0 aliphatic heterocycles. The van der Waals surface area contributed by atoms with Crippen LogP contribution < -0.4 is 5.32 Å². The van der Waals surface area contributed by atoms with Crippen LogP contribution in [0.4, 0.5) is 0 Å². The van der Waals surface area contributed by atoms with E-state index in [1.165, 1.54) is 0 Å². The molecule has 3 rings (SSSR count). The SMILES string of the molecule is O=C(NC(Cn1nccn1)c1ccccc1)c1ccccc1Cl. The fraction of sp³-hybridized carbons (Fsp3) is 0.118. The monoisotopic (exact) mass is 326 g/mol. The maximum Gasteiger partial charge on any atom is 0.253 e. The van der Waals surface area contributed by atoms with Crippen LogP contribution in [0.1, 0.15) is 22.0 Å². The normalized spacial score (nSPS) is 11.9. The predicted molar refractivity (Wildman–Crippen MR) is 88.1 cm³/mol. The Balaban J connectivity index is 1.84. The number of hydrogen-bond donors (Lipinski definition) is 1. The molecule has 1 aromatic heterocycles. The van der Waals surface area contributed by atoms with Crippen LogP contribution in [0.15, 0.2) is 67.0 Å². The predicted octanol–water partition coefficient (Wildman–Crippen LogP) is 3.10. The first-order valence-electron chi connectivity index (χ1n) is 7.18. The zero-order chi connectivity index (χ0) is 16.1. The molecule has 1 unspecified atom stereocenters. The highest BCUT2D eigenvalue weighted by atomic mass is 35.5. The second kappa shape index (κ2) is 7.07. The number of carbonyl (C=O) groups is 1. The maximum absolute atomic E-state index is 12.5. The van der Waals surface area contributed by atoms with Gasteiger partial charge >= 0.3 is 0 Å². The Morgan fingerprint density at radius 2 is 1.70 bits per heavy atom. The highest BCUT2D eigenvalue weighted by molar-refractivity contribution is 6.33. The maximum atomic E-state index is 12.5. The standard InChI is InChI=1S/C17H15ClN4O/c18-15-9-5-4-8-14(15)17(23)21-16(12-22-19-10-11-20-22)13-6-2-1-3-7-13/h1-11,16H,12H2,(H,21,23). The minimum atomic E-state index is -0.257. The Labute approximate surface area is 138 Å². The molecule has 0 aliphatic carbocycles. The van der Waals surface area contributed by atoms with Gasteiger partial charge in [-0.15, -0.1) is 0 Å². The number of rotatable bonds is 5. The fourth-order valence-electron chi connectivity index (χ4n) is 2.30. The first kappa shape index (κ1) is 15.2. The Hall–Kier alpha value is -2.66. The zero-order valence-electron chi connectivity index (χ0n) is 12.3. The Bertz CT molecular complexity index is 774. The highest BCUT2D eigenvalue weighted by Gasteiger charge is 2.18. The molecule has 0 fully saturated rings. The first-order valence-corrected chi connectivity index (χ1v) is 7.56. The Morgan fingerprint density at radius 3 is 2.39 bits per heavy atom. The highest BCUT2D eigenvalue weighted by Crippen LogP contribution is 2.18. The van der Waals surface area contributed by atoms with Gasteiger partial charge in [0, 0.05) is 0 Å². The number of amides is 1. The second-order valence-electron chi connectivity index (χ2n) is 5.00. The van der Waals surface area contributed by atoms with Crippen LogP contribution in [0.5, 0.6) is 0 Å². The third kappa shape index (κ3) is 3.76. The van der Waals surface area contributed by atoms with Crippen molar-refractivity contribution >= 4 is 17.5 Å². The minimum Gasteiger partial charge on any atom is -0.343 e.